The summed E-state index contributed by atoms with van der Waals surface area (Å²) in [5.41, 5.74) is 1.12. The Morgan fingerprint density at radius 2 is 2.00 bits per heavy atom. The molecule has 1 N–H and O–H groups in total. The fourth-order valence-corrected chi connectivity index (χ4v) is 2.35. The van der Waals surface area contributed by atoms with Crippen LogP contribution in [0.4, 0.5) is 0 Å². The van der Waals surface area contributed by atoms with E-state index in [0.29, 0.717) is 17.7 Å². The zero-order valence-corrected chi connectivity index (χ0v) is 12.2. The predicted octanol–water partition coefficient (Wildman–Crippen LogP) is 0.822. The summed E-state index contributed by atoms with van der Waals surface area (Å²) in [6.45, 7) is 4.35. The molecule has 1 atom stereocenters. The topological polar surface area (TPSA) is 52.7 Å². The van der Waals surface area contributed by atoms with Gasteiger partial charge in [-0.3, -0.25) is 9.59 Å². The van der Waals surface area contributed by atoms with Gasteiger partial charge in [-0.25, -0.2) is 0 Å². The number of piperazine rings is 1. The maximum Gasteiger partial charge on any atom is 0.254 e. The SMILES string of the molecule is C[C@@H]1CNCCN1C(=O)c1cccc(C(=O)N(C)C)c1. The highest BCUT2D eigenvalue weighted by molar-refractivity contribution is 5.99. The minimum absolute atomic E-state index is 0.00703. The van der Waals surface area contributed by atoms with Crippen molar-refractivity contribution in [2.45, 2.75) is 13.0 Å². The molecule has 0 aromatic heterocycles. The molecule has 1 aliphatic heterocycles. The molecular weight excluding hydrogens is 254 g/mol. The van der Waals surface area contributed by atoms with Crippen LogP contribution in [0.1, 0.15) is 27.6 Å². The Kier molecular flexibility index (Phi) is 4.39. The van der Waals surface area contributed by atoms with E-state index in [4.69, 9.17) is 0 Å². The molecule has 0 unspecified atom stereocenters. The summed E-state index contributed by atoms with van der Waals surface area (Å²) in [7, 11) is 3.41. The van der Waals surface area contributed by atoms with E-state index >= 15 is 0 Å². The van der Waals surface area contributed by atoms with Crippen LogP contribution in [0.2, 0.25) is 0 Å². The van der Waals surface area contributed by atoms with E-state index in [1.54, 1.807) is 38.4 Å². The predicted molar refractivity (Wildman–Crippen MR) is 77.8 cm³/mol. The minimum atomic E-state index is -0.0898. The van der Waals surface area contributed by atoms with Crippen LogP contribution in [0.25, 0.3) is 0 Å². The molecule has 20 heavy (non-hydrogen) atoms. The minimum Gasteiger partial charge on any atom is -0.345 e. The second-order valence-corrected chi connectivity index (χ2v) is 5.33. The molecule has 1 fully saturated rings. The average molecular weight is 275 g/mol. The van der Waals surface area contributed by atoms with Crippen molar-refractivity contribution >= 4 is 11.8 Å². The molecule has 1 aromatic carbocycles. The Labute approximate surface area is 119 Å². The Balaban J connectivity index is 2.22. The first-order valence-electron chi connectivity index (χ1n) is 6.84. The van der Waals surface area contributed by atoms with Crippen molar-refractivity contribution in [2.75, 3.05) is 33.7 Å². The largest absolute Gasteiger partial charge is 0.345 e. The first-order valence-corrected chi connectivity index (χ1v) is 6.84. The van der Waals surface area contributed by atoms with Crippen molar-refractivity contribution in [3.05, 3.63) is 35.4 Å². The third-order valence-electron chi connectivity index (χ3n) is 3.52. The van der Waals surface area contributed by atoms with Gasteiger partial charge in [-0.1, -0.05) is 6.07 Å². The molecule has 1 aliphatic rings. The lowest BCUT2D eigenvalue weighted by atomic mass is 10.1. The second-order valence-electron chi connectivity index (χ2n) is 5.33. The van der Waals surface area contributed by atoms with Crippen molar-refractivity contribution in [1.82, 2.24) is 15.1 Å². The van der Waals surface area contributed by atoms with Gasteiger partial charge in [-0.2, -0.15) is 0 Å². The van der Waals surface area contributed by atoms with E-state index in [1.807, 2.05) is 11.8 Å². The molecule has 0 spiro atoms. The fourth-order valence-electron chi connectivity index (χ4n) is 2.35. The number of rotatable bonds is 2. The molecular formula is C15H21N3O2. The quantitative estimate of drug-likeness (QED) is 0.869. The summed E-state index contributed by atoms with van der Waals surface area (Å²) < 4.78 is 0. The maximum atomic E-state index is 12.5. The van der Waals surface area contributed by atoms with Gasteiger partial charge in [0.05, 0.1) is 0 Å². The molecule has 0 saturated carbocycles. The molecule has 0 aliphatic carbocycles. The summed E-state index contributed by atoms with van der Waals surface area (Å²) in [6.07, 6.45) is 0. The van der Waals surface area contributed by atoms with Crippen LogP contribution < -0.4 is 5.32 Å². The van der Waals surface area contributed by atoms with Gasteiger partial charge in [0, 0.05) is 50.9 Å². The Hall–Kier alpha value is -1.88. The van der Waals surface area contributed by atoms with Gasteiger partial charge < -0.3 is 15.1 Å². The molecule has 5 heteroatoms. The monoisotopic (exact) mass is 275 g/mol. The first kappa shape index (κ1) is 14.5. The van der Waals surface area contributed by atoms with E-state index in [9.17, 15) is 9.59 Å². The van der Waals surface area contributed by atoms with Crippen molar-refractivity contribution in [2.24, 2.45) is 0 Å². The van der Waals surface area contributed by atoms with Crippen LogP contribution in [0.3, 0.4) is 0 Å². The van der Waals surface area contributed by atoms with Crippen molar-refractivity contribution in [3.8, 4) is 0 Å². The van der Waals surface area contributed by atoms with E-state index in [0.717, 1.165) is 13.1 Å². The summed E-state index contributed by atoms with van der Waals surface area (Å²) in [6, 6.07) is 7.12. The number of nitrogens with zero attached hydrogens (tertiary/aromatic N) is 2. The van der Waals surface area contributed by atoms with Crippen LogP contribution >= 0.6 is 0 Å². The van der Waals surface area contributed by atoms with Gasteiger partial charge in [0.25, 0.3) is 11.8 Å². The highest BCUT2D eigenvalue weighted by atomic mass is 16.2. The lowest BCUT2D eigenvalue weighted by molar-refractivity contribution is 0.0655. The molecule has 0 radical (unpaired) electrons. The molecule has 0 bridgehead atoms. The van der Waals surface area contributed by atoms with Gasteiger partial charge in [0.2, 0.25) is 0 Å². The zero-order chi connectivity index (χ0) is 14.7. The number of hydrogen-bond donors (Lipinski definition) is 1. The van der Waals surface area contributed by atoms with Gasteiger partial charge in [0.1, 0.15) is 0 Å². The smallest absolute Gasteiger partial charge is 0.254 e. The van der Waals surface area contributed by atoms with E-state index in [2.05, 4.69) is 5.32 Å². The highest BCUT2D eigenvalue weighted by Gasteiger charge is 2.24. The van der Waals surface area contributed by atoms with Crippen LogP contribution in [0.15, 0.2) is 24.3 Å². The average Bonchev–Trinajstić information content (AvgIpc) is 2.46. The van der Waals surface area contributed by atoms with Gasteiger partial charge in [-0.15, -0.1) is 0 Å². The molecule has 108 valence electrons. The summed E-state index contributed by atoms with van der Waals surface area (Å²) in [4.78, 5) is 27.8. The first-order chi connectivity index (χ1) is 9.50. The van der Waals surface area contributed by atoms with E-state index in [-0.39, 0.29) is 17.9 Å². The Morgan fingerprint density at radius 1 is 1.30 bits per heavy atom. The second kappa shape index (κ2) is 6.05. The number of carbonyl (C=O) groups is 2. The Bertz CT molecular complexity index is 514. The van der Waals surface area contributed by atoms with Crippen molar-refractivity contribution in [1.29, 1.82) is 0 Å². The van der Waals surface area contributed by atoms with Gasteiger partial charge in [-0.05, 0) is 25.1 Å². The number of hydrogen-bond acceptors (Lipinski definition) is 3. The molecule has 1 saturated heterocycles. The lowest BCUT2D eigenvalue weighted by Gasteiger charge is -2.34. The molecule has 2 amide bonds. The highest BCUT2D eigenvalue weighted by Crippen LogP contribution is 2.13. The van der Waals surface area contributed by atoms with E-state index in [1.165, 1.54) is 4.90 Å². The number of carbonyl (C=O) groups excluding carboxylic acids is 2. The third kappa shape index (κ3) is 2.99. The van der Waals surface area contributed by atoms with Crippen molar-refractivity contribution < 1.29 is 9.59 Å². The lowest BCUT2D eigenvalue weighted by Crippen LogP contribution is -2.52. The number of amides is 2. The summed E-state index contributed by atoms with van der Waals surface area (Å²) in [5.74, 6) is -0.0968. The number of nitrogens with one attached hydrogen (secondary N) is 1. The molecule has 5 nitrogen and oxygen atoms in total. The van der Waals surface area contributed by atoms with Gasteiger partial charge >= 0.3 is 0 Å². The molecule has 2 rings (SSSR count). The zero-order valence-electron chi connectivity index (χ0n) is 12.2. The summed E-state index contributed by atoms with van der Waals surface area (Å²) in [5, 5.41) is 3.26. The van der Waals surface area contributed by atoms with E-state index < -0.39 is 0 Å². The van der Waals surface area contributed by atoms with Gasteiger partial charge in [0.15, 0.2) is 0 Å². The van der Waals surface area contributed by atoms with Crippen LogP contribution in [-0.2, 0) is 0 Å². The van der Waals surface area contributed by atoms with Crippen LogP contribution in [0.5, 0.6) is 0 Å². The third-order valence-corrected chi connectivity index (χ3v) is 3.52. The van der Waals surface area contributed by atoms with Crippen molar-refractivity contribution in [3.63, 3.8) is 0 Å². The normalized spacial score (nSPS) is 18.8. The summed E-state index contributed by atoms with van der Waals surface area (Å²) >= 11 is 0. The maximum absolute atomic E-state index is 12.5. The molecule has 1 aromatic rings. The van der Waals surface area contributed by atoms with Crippen LogP contribution in [-0.4, -0.2) is 61.4 Å². The van der Waals surface area contributed by atoms with Crippen LogP contribution in [0, 0.1) is 0 Å². The molecule has 1 heterocycles. The fraction of sp³-hybridized carbons (Fsp3) is 0.467. The number of benzene rings is 1. The Morgan fingerprint density at radius 3 is 2.65 bits per heavy atom. The standard InChI is InChI=1S/C15H21N3O2/c1-11-10-16-7-8-18(11)15(20)13-6-4-5-12(9-13)14(19)17(2)3/h4-6,9,11,16H,7-8,10H2,1-3H3/t11-/m1/s1.